The maximum Gasteiger partial charge on any atom is 0.259 e. The average molecular weight is 366 g/mol. The van der Waals surface area contributed by atoms with Crippen LogP contribution in [0.5, 0.6) is 0 Å². The molecule has 1 aliphatic rings. The maximum atomic E-state index is 12.9. The van der Waals surface area contributed by atoms with Gasteiger partial charge in [0.2, 0.25) is 5.91 Å². The van der Waals surface area contributed by atoms with Gasteiger partial charge in [-0.15, -0.1) is 10.2 Å². The zero-order chi connectivity index (χ0) is 18.3. The molecular formula is C19H18N4O2S. The number of hydrogen-bond donors (Lipinski definition) is 1. The topological polar surface area (TPSA) is 75.2 Å². The minimum Gasteiger partial charge on any atom is -0.348 e. The van der Waals surface area contributed by atoms with Crippen LogP contribution in [0.25, 0.3) is 10.8 Å². The highest BCUT2D eigenvalue weighted by atomic mass is 32.1. The third-order valence-electron chi connectivity index (χ3n) is 4.58. The number of nitrogens with zero attached hydrogens (tertiary/aromatic N) is 3. The van der Waals surface area contributed by atoms with Gasteiger partial charge in [0.1, 0.15) is 16.1 Å². The number of rotatable bonds is 5. The summed E-state index contributed by atoms with van der Waals surface area (Å²) in [5.41, 5.74) is 1.43. The fourth-order valence-electron chi connectivity index (χ4n) is 3.25. The Labute approximate surface area is 154 Å². The van der Waals surface area contributed by atoms with E-state index in [4.69, 9.17) is 0 Å². The second-order valence-electron chi connectivity index (χ2n) is 6.19. The minimum atomic E-state index is -0.612. The summed E-state index contributed by atoms with van der Waals surface area (Å²) in [6.45, 7) is 4.08. The van der Waals surface area contributed by atoms with Gasteiger partial charge >= 0.3 is 0 Å². The van der Waals surface area contributed by atoms with Crippen molar-refractivity contribution in [3.63, 3.8) is 0 Å². The molecule has 1 N–H and O–H groups in total. The molecule has 1 aromatic heterocycles. The Morgan fingerprint density at radius 3 is 2.65 bits per heavy atom. The van der Waals surface area contributed by atoms with E-state index in [0.717, 1.165) is 32.9 Å². The zero-order valence-electron chi connectivity index (χ0n) is 14.5. The lowest BCUT2D eigenvalue weighted by Crippen LogP contribution is -2.46. The van der Waals surface area contributed by atoms with Crippen molar-refractivity contribution in [1.29, 1.82) is 0 Å². The predicted octanol–water partition coefficient (Wildman–Crippen LogP) is 2.92. The molecule has 1 atom stereocenters. The SMILES string of the molecule is CCc1nnc(CNC(=O)C(C)N2C(=O)c3cccc4cccc2c34)s1. The Morgan fingerprint density at radius 2 is 1.92 bits per heavy atom. The van der Waals surface area contributed by atoms with E-state index in [0.29, 0.717) is 12.1 Å². The van der Waals surface area contributed by atoms with E-state index in [1.807, 2.05) is 43.3 Å². The first-order chi connectivity index (χ1) is 12.6. The number of carbonyl (C=O) groups is 2. The monoisotopic (exact) mass is 366 g/mol. The van der Waals surface area contributed by atoms with Crippen LogP contribution in [0.2, 0.25) is 0 Å². The van der Waals surface area contributed by atoms with E-state index in [-0.39, 0.29) is 11.8 Å². The maximum absolute atomic E-state index is 12.9. The molecule has 0 bridgehead atoms. The van der Waals surface area contributed by atoms with Crippen molar-refractivity contribution < 1.29 is 9.59 Å². The van der Waals surface area contributed by atoms with Gasteiger partial charge in [-0.1, -0.05) is 42.5 Å². The molecule has 132 valence electrons. The van der Waals surface area contributed by atoms with Crippen molar-refractivity contribution in [2.24, 2.45) is 0 Å². The van der Waals surface area contributed by atoms with Crippen molar-refractivity contribution in [2.45, 2.75) is 32.9 Å². The van der Waals surface area contributed by atoms with Gasteiger partial charge in [-0.3, -0.25) is 14.5 Å². The molecule has 3 aromatic rings. The normalized spacial score (nSPS) is 14.1. The highest BCUT2D eigenvalue weighted by molar-refractivity contribution is 7.11. The molecule has 0 saturated carbocycles. The van der Waals surface area contributed by atoms with Crippen molar-refractivity contribution >= 4 is 39.6 Å². The summed E-state index contributed by atoms with van der Waals surface area (Å²) >= 11 is 1.49. The Balaban J connectivity index is 1.55. The summed E-state index contributed by atoms with van der Waals surface area (Å²) < 4.78 is 0. The van der Waals surface area contributed by atoms with Crippen LogP contribution in [0.4, 0.5) is 5.69 Å². The first-order valence-corrected chi connectivity index (χ1v) is 9.36. The number of nitrogens with one attached hydrogen (secondary N) is 1. The molecule has 0 fully saturated rings. The van der Waals surface area contributed by atoms with Gasteiger partial charge in [0.15, 0.2) is 0 Å². The summed E-state index contributed by atoms with van der Waals surface area (Å²) in [6.07, 6.45) is 0.826. The van der Waals surface area contributed by atoms with Crippen molar-refractivity contribution in [3.8, 4) is 0 Å². The zero-order valence-corrected chi connectivity index (χ0v) is 15.3. The second kappa shape index (κ2) is 6.49. The fourth-order valence-corrected chi connectivity index (χ4v) is 3.98. The summed E-state index contributed by atoms with van der Waals surface area (Å²) in [5.74, 6) is -0.347. The fraction of sp³-hybridized carbons (Fsp3) is 0.263. The van der Waals surface area contributed by atoms with Crippen LogP contribution in [-0.4, -0.2) is 28.1 Å². The summed E-state index contributed by atoms with van der Waals surface area (Å²) in [4.78, 5) is 27.1. The molecule has 0 saturated heterocycles. The number of amides is 2. The molecule has 26 heavy (non-hydrogen) atoms. The quantitative estimate of drug-likeness (QED) is 0.753. The second-order valence-corrected chi connectivity index (χ2v) is 7.34. The van der Waals surface area contributed by atoms with E-state index in [2.05, 4.69) is 15.5 Å². The largest absolute Gasteiger partial charge is 0.348 e. The van der Waals surface area contributed by atoms with Crippen LogP contribution >= 0.6 is 11.3 Å². The summed E-state index contributed by atoms with van der Waals surface area (Å²) in [7, 11) is 0. The lowest BCUT2D eigenvalue weighted by Gasteiger charge is -2.24. The highest BCUT2D eigenvalue weighted by Gasteiger charge is 2.35. The predicted molar refractivity (Wildman–Crippen MR) is 101 cm³/mol. The Kier molecular flexibility index (Phi) is 4.16. The van der Waals surface area contributed by atoms with Crippen LogP contribution in [-0.2, 0) is 17.8 Å². The Bertz CT molecular complexity index is 1010. The van der Waals surface area contributed by atoms with Crippen molar-refractivity contribution in [2.75, 3.05) is 4.90 Å². The third-order valence-corrected chi connectivity index (χ3v) is 5.65. The van der Waals surface area contributed by atoms with E-state index in [1.54, 1.807) is 11.8 Å². The van der Waals surface area contributed by atoms with Crippen molar-refractivity contribution in [3.05, 3.63) is 52.0 Å². The molecule has 1 unspecified atom stereocenters. The summed E-state index contributed by atoms with van der Waals surface area (Å²) in [6, 6.07) is 10.8. The third kappa shape index (κ3) is 2.64. The van der Waals surface area contributed by atoms with Gasteiger partial charge in [-0.2, -0.15) is 0 Å². The van der Waals surface area contributed by atoms with E-state index in [9.17, 15) is 9.59 Å². The van der Waals surface area contributed by atoms with Crippen LogP contribution in [0.15, 0.2) is 36.4 Å². The van der Waals surface area contributed by atoms with Gasteiger partial charge in [0.25, 0.3) is 5.91 Å². The number of aromatic nitrogens is 2. The molecule has 4 rings (SSSR count). The number of carbonyl (C=O) groups excluding carboxylic acids is 2. The molecule has 7 heteroatoms. The molecule has 2 heterocycles. The standard InChI is InChI=1S/C19H18N4O2S/c1-3-15-21-22-16(26-15)10-20-18(24)11(2)23-14-9-5-7-12-6-4-8-13(17(12)14)19(23)25/h4-9,11H,3,10H2,1-2H3,(H,20,24). The molecular weight excluding hydrogens is 348 g/mol. The Morgan fingerprint density at radius 1 is 1.19 bits per heavy atom. The lowest BCUT2D eigenvalue weighted by atomic mass is 10.1. The first-order valence-electron chi connectivity index (χ1n) is 8.54. The highest BCUT2D eigenvalue weighted by Crippen LogP contribution is 2.38. The number of aryl methyl sites for hydroxylation is 1. The van der Waals surface area contributed by atoms with Crippen LogP contribution in [0.3, 0.4) is 0 Å². The lowest BCUT2D eigenvalue weighted by molar-refractivity contribution is -0.122. The Hall–Kier alpha value is -2.80. The molecule has 0 radical (unpaired) electrons. The molecule has 6 nitrogen and oxygen atoms in total. The average Bonchev–Trinajstić information content (AvgIpc) is 3.24. The van der Waals surface area contributed by atoms with Gasteiger partial charge in [-0.05, 0) is 30.9 Å². The van der Waals surface area contributed by atoms with Crippen molar-refractivity contribution in [1.82, 2.24) is 15.5 Å². The van der Waals surface area contributed by atoms with Crippen LogP contribution in [0.1, 0.15) is 34.2 Å². The molecule has 1 aliphatic heterocycles. The number of anilines is 1. The van der Waals surface area contributed by atoms with E-state index in [1.165, 1.54) is 11.3 Å². The minimum absolute atomic E-state index is 0.136. The van der Waals surface area contributed by atoms with Crippen LogP contribution < -0.4 is 10.2 Å². The molecule has 0 spiro atoms. The number of hydrogen-bond acceptors (Lipinski definition) is 5. The molecule has 2 aromatic carbocycles. The molecule has 0 aliphatic carbocycles. The van der Waals surface area contributed by atoms with E-state index >= 15 is 0 Å². The van der Waals surface area contributed by atoms with Crippen LogP contribution in [0, 0.1) is 0 Å². The smallest absolute Gasteiger partial charge is 0.259 e. The van der Waals surface area contributed by atoms with Gasteiger partial charge in [-0.25, -0.2) is 0 Å². The van der Waals surface area contributed by atoms with Gasteiger partial charge in [0.05, 0.1) is 12.2 Å². The van der Waals surface area contributed by atoms with Gasteiger partial charge < -0.3 is 5.32 Å². The summed E-state index contributed by atoms with van der Waals surface area (Å²) in [5, 5.41) is 14.6. The van der Waals surface area contributed by atoms with E-state index < -0.39 is 6.04 Å². The first kappa shape index (κ1) is 16.7. The molecule has 2 amide bonds. The number of benzene rings is 2. The van der Waals surface area contributed by atoms with Gasteiger partial charge in [0, 0.05) is 10.9 Å².